The Morgan fingerprint density at radius 3 is 1.80 bits per heavy atom. The maximum atomic E-state index is 3.49. The van der Waals surface area contributed by atoms with Gasteiger partial charge in [-0.1, -0.05) is 6.08 Å². The van der Waals surface area contributed by atoms with Crippen LogP contribution in [0.4, 0.5) is 0 Å². The molecule has 0 aliphatic heterocycles. The summed E-state index contributed by atoms with van der Waals surface area (Å²) in [5.41, 5.74) is 0. The summed E-state index contributed by atoms with van der Waals surface area (Å²) in [5.74, 6) is 0. The smallest absolute Gasteiger partial charge is 0.103 e. The molecule has 0 fully saturated rings. The Labute approximate surface area is 49.4 Å². The van der Waals surface area contributed by atoms with E-state index in [0.717, 1.165) is 6.42 Å². The predicted octanol–water partition coefficient (Wildman–Crippen LogP) is 0.480. The van der Waals surface area contributed by atoms with Crippen molar-refractivity contribution in [2.45, 2.75) is 6.42 Å². The summed E-state index contributed by atoms with van der Waals surface area (Å²) < 4.78 is 0. The third-order valence-corrected chi connectivity index (χ3v) is 0.204. The van der Waals surface area contributed by atoms with E-state index in [2.05, 4.69) is 13.5 Å². The molecule has 0 heterocycles. The van der Waals surface area contributed by atoms with E-state index < -0.39 is 0 Å². The molecule has 0 amide bonds. The molecule has 0 atom stereocenters. The highest BCUT2D eigenvalue weighted by atomic mass is 24.3. The SMILES string of the molecule is [CH2]CC=C.[MgH2]. The lowest BCUT2D eigenvalue weighted by Gasteiger charge is -1.57. The van der Waals surface area contributed by atoms with Crippen LogP contribution in [0.2, 0.25) is 0 Å². The van der Waals surface area contributed by atoms with Crippen molar-refractivity contribution in [2.24, 2.45) is 0 Å². The predicted molar refractivity (Wildman–Crippen MR) is 28.7 cm³/mol. The van der Waals surface area contributed by atoms with Gasteiger partial charge in [0.05, 0.1) is 0 Å². The van der Waals surface area contributed by atoms with Crippen molar-refractivity contribution in [1.29, 1.82) is 0 Å². The van der Waals surface area contributed by atoms with Gasteiger partial charge in [0, 0.05) is 0 Å². The number of hydrogen-bond acceptors (Lipinski definition) is 0. The highest BCUT2D eigenvalue weighted by Crippen LogP contribution is 1.65. The van der Waals surface area contributed by atoms with Crippen molar-refractivity contribution in [3.8, 4) is 0 Å². The van der Waals surface area contributed by atoms with Gasteiger partial charge in [0.15, 0.2) is 0 Å². The van der Waals surface area contributed by atoms with Crippen LogP contribution in [0, 0.1) is 6.92 Å². The normalized spacial score (nSPS) is 5.00. The van der Waals surface area contributed by atoms with E-state index in [9.17, 15) is 0 Å². The van der Waals surface area contributed by atoms with E-state index in [0.29, 0.717) is 0 Å². The molecule has 5 heavy (non-hydrogen) atoms. The summed E-state index contributed by atoms with van der Waals surface area (Å²) >= 11 is 0. The second-order valence-corrected chi connectivity index (χ2v) is 0.577. The van der Waals surface area contributed by atoms with Gasteiger partial charge in [-0.05, 0) is 13.3 Å². The largest absolute Gasteiger partial charge is 0.316 e. The first-order chi connectivity index (χ1) is 1.91. The Balaban J connectivity index is 0. The van der Waals surface area contributed by atoms with Crippen molar-refractivity contribution in [2.75, 3.05) is 0 Å². The molecule has 0 aliphatic rings. The van der Waals surface area contributed by atoms with Crippen molar-refractivity contribution in [1.82, 2.24) is 0 Å². The van der Waals surface area contributed by atoms with Crippen LogP contribution in [-0.4, -0.2) is 23.1 Å². The maximum absolute atomic E-state index is 3.49. The zero-order chi connectivity index (χ0) is 3.41. The third kappa shape index (κ3) is 12.5. The van der Waals surface area contributed by atoms with E-state index >= 15 is 0 Å². The summed E-state index contributed by atoms with van der Waals surface area (Å²) in [4.78, 5) is 0. The minimum absolute atomic E-state index is 0. The topological polar surface area (TPSA) is 0 Å². The van der Waals surface area contributed by atoms with Gasteiger partial charge in [0.1, 0.15) is 0 Å². The second kappa shape index (κ2) is 8.82. The van der Waals surface area contributed by atoms with E-state index in [-0.39, 0.29) is 23.1 Å². The molecule has 0 saturated heterocycles. The van der Waals surface area contributed by atoms with Crippen LogP contribution in [0.3, 0.4) is 0 Å². The maximum Gasteiger partial charge on any atom is 0.316 e. The summed E-state index contributed by atoms with van der Waals surface area (Å²) in [7, 11) is 0. The lowest BCUT2D eigenvalue weighted by Crippen LogP contribution is -1.37. The van der Waals surface area contributed by atoms with Gasteiger partial charge in [-0.15, -0.1) is 6.58 Å². The Bertz CT molecular complexity index is 17.6. The molecule has 1 heteroatoms. The van der Waals surface area contributed by atoms with Gasteiger partial charge in [0.25, 0.3) is 0 Å². The van der Waals surface area contributed by atoms with Crippen LogP contribution >= 0.6 is 0 Å². The van der Waals surface area contributed by atoms with E-state index in [1.54, 1.807) is 6.08 Å². The molecular formula is C4H9Mg. The molecule has 0 aliphatic carbocycles. The standard InChI is InChI=1S/C4H7.Mg.2H/c1-3-4-2;;;/h3H,1-2,4H2;;;. The first kappa shape index (κ1) is 9.09. The Hall–Kier alpha value is 0.506. The average Bonchev–Trinajstić information content (AvgIpc) is 1.37. The summed E-state index contributed by atoms with van der Waals surface area (Å²) in [5, 5.41) is 0. The van der Waals surface area contributed by atoms with Crippen LogP contribution in [0.25, 0.3) is 0 Å². The molecule has 0 saturated carbocycles. The molecular weight excluding hydrogens is 72.3 g/mol. The fourth-order valence-corrected chi connectivity index (χ4v) is 0. The number of hydrogen-bond donors (Lipinski definition) is 0. The van der Waals surface area contributed by atoms with Crippen LogP contribution in [0.1, 0.15) is 6.42 Å². The monoisotopic (exact) mass is 81.1 g/mol. The quantitative estimate of drug-likeness (QED) is 0.318. The van der Waals surface area contributed by atoms with Gasteiger partial charge in [-0.25, -0.2) is 0 Å². The molecule has 0 aromatic rings. The second-order valence-electron chi connectivity index (χ2n) is 0.577. The molecule has 0 aromatic heterocycles. The average molecular weight is 81.4 g/mol. The molecule has 27 valence electrons. The van der Waals surface area contributed by atoms with E-state index in [1.807, 2.05) is 0 Å². The van der Waals surface area contributed by atoms with Crippen molar-refractivity contribution in [3.63, 3.8) is 0 Å². The van der Waals surface area contributed by atoms with Gasteiger partial charge in [0.2, 0.25) is 0 Å². The fourth-order valence-electron chi connectivity index (χ4n) is 0. The minimum Gasteiger partial charge on any atom is -0.103 e. The van der Waals surface area contributed by atoms with Crippen LogP contribution in [-0.2, 0) is 0 Å². The first-order valence-electron chi connectivity index (χ1n) is 1.32. The molecule has 0 nitrogen and oxygen atoms in total. The van der Waals surface area contributed by atoms with Crippen LogP contribution < -0.4 is 0 Å². The van der Waals surface area contributed by atoms with Crippen molar-refractivity contribution >= 4 is 23.1 Å². The van der Waals surface area contributed by atoms with E-state index in [1.165, 1.54) is 0 Å². The zero-order valence-corrected chi connectivity index (χ0v) is 2.70. The molecule has 0 spiro atoms. The van der Waals surface area contributed by atoms with Gasteiger partial charge < -0.3 is 0 Å². The molecule has 1 radical (unpaired) electrons. The number of rotatable bonds is 1. The molecule has 0 N–H and O–H groups in total. The fraction of sp³-hybridized carbons (Fsp3) is 0.250. The van der Waals surface area contributed by atoms with Crippen molar-refractivity contribution < 1.29 is 0 Å². The van der Waals surface area contributed by atoms with E-state index in [4.69, 9.17) is 0 Å². The van der Waals surface area contributed by atoms with Crippen LogP contribution in [0.5, 0.6) is 0 Å². The van der Waals surface area contributed by atoms with Gasteiger partial charge >= 0.3 is 23.1 Å². The molecule has 0 unspecified atom stereocenters. The third-order valence-electron chi connectivity index (χ3n) is 0.204. The first-order valence-corrected chi connectivity index (χ1v) is 1.32. The molecule has 0 aromatic carbocycles. The van der Waals surface area contributed by atoms with Gasteiger partial charge in [-0.2, -0.15) is 0 Å². The molecule has 0 rings (SSSR count). The van der Waals surface area contributed by atoms with Crippen molar-refractivity contribution in [3.05, 3.63) is 19.6 Å². The van der Waals surface area contributed by atoms with Gasteiger partial charge in [-0.3, -0.25) is 0 Å². The lowest BCUT2D eigenvalue weighted by atomic mass is 10.5. The molecule has 0 bridgehead atoms. The Morgan fingerprint density at radius 2 is 1.80 bits per heavy atom. The lowest BCUT2D eigenvalue weighted by molar-refractivity contribution is 1.42. The Morgan fingerprint density at radius 1 is 1.60 bits per heavy atom. The summed E-state index contributed by atoms with van der Waals surface area (Å²) in [6.45, 7) is 6.90. The highest BCUT2D eigenvalue weighted by Gasteiger charge is 1.45. The minimum atomic E-state index is 0. The summed E-state index contributed by atoms with van der Waals surface area (Å²) in [6, 6.07) is 0. The zero-order valence-electron chi connectivity index (χ0n) is 2.70. The highest BCUT2D eigenvalue weighted by molar-refractivity contribution is 5.75. The number of allylic oxidation sites excluding steroid dienone is 1. The summed E-state index contributed by atoms with van der Waals surface area (Å²) in [6.07, 6.45) is 2.60. The van der Waals surface area contributed by atoms with Crippen LogP contribution in [0.15, 0.2) is 12.7 Å². The Kier molecular flexibility index (Phi) is 16.0.